The normalized spacial score (nSPS) is 32.6. The minimum absolute atomic E-state index is 0.749. The lowest BCUT2D eigenvalue weighted by atomic mass is 9.69. The van der Waals surface area contributed by atoms with Crippen LogP contribution >= 0.6 is 0 Å². The van der Waals surface area contributed by atoms with Crippen LogP contribution in [-0.2, 0) is 0 Å². The second-order valence-corrected chi connectivity index (χ2v) is 31.1. The average Bonchev–Trinajstić information content (AvgIpc) is 3.48. The van der Waals surface area contributed by atoms with Gasteiger partial charge in [-0.3, -0.25) is 0 Å². The van der Waals surface area contributed by atoms with Gasteiger partial charge in [0.1, 0.15) is 0 Å². The van der Waals surface area contributed by atoms with Crippen LogP contribution < -0.4 is 0 Å². The summed E-state index contributed by atoms with van der Waals surface area (Å²) in [4.78, 5) is 0. The van der Waals surface area contributed by atoms with Gasteiger partial charge in [-0.05, 0) is 82.5 Å². The van der Waals surface area contributed by atoms with Gasteiger partial charge in [0.05, 0.1) is 0 Å². The molecule has 0 N–H and O–H groups in total. The SMILES string of the molecule is CC(C)CC1CCC([Si](C)(C)[Si](C)(C)C2C(C)CC3C(c4ccccc4-c4ccccc4)CCCC32)C1. The maximum Gasteiger partial charge on any atom is 0.0451 e. The predicted octanol–water partition coefficient (Wildman–Crippen LogP) is 11.0. The summed E-state index contributed by atoms with van der Waals surface area (Å²) >= 11 is 0. The topological polar surface area (TPSA) is 0 Å². The van der Waals surface area contributed by atoms with E-state index in [1.165, 1.54) is 49.7 Å². The van der Waals surface area contributed by atoms with Crippen molar-refractivity contribution in [2.45, 2.75) is 115 Å². The molecule has 2 aromatic rings. The third-order valence-electron chi connectivity index (χ3n) is 12.1. The average molecular weight is 531 g/mol. The molecule has 0 radical (unpaired) electrons. The quantitative estimate of drug-likeness (QED) is 0.312. The van der Waals surface area contributed by atoms with Crippen LogP contribution in [0.4, 0.5) is 0 Å². The Morgan fingerprint density at radius 1 is 0.757 bits per heavy atom. The van der Waals surface area contributed by atoms with Crippen molar-refractivity contribution < 1.29 is 0 Å². The molecule has 0 amide bonds. The highest BCUT2D eigenvalue weighted by Crippen LogP contribution is 2.63. The zero-order valence-corrected chi connectivity index (χ0v) is 27.0. The van der Waals surface area contributed by atoms with E-state index in [-0.39, 0.29) is 0 Å². The van der Waals surface area contributed by atoms with Crippen LogP contribution in [0.1, 0.15) is 83.6 Å². The molecular formula is C35H54Si2. The Labute approximate surface area is 230 Å². The van der Waals surface area contributed by atoms with Crippen molar-refractivity contribution >= 4 is 15.2 Å². The largest absolute Gasteiger partial charge is 0.0711 e. The van der Waals surface area contributed by atoms with Gasteiger partial charge < -0.3 is 0 Å². The first-order valence-electron chi connectivity index (χ1n) is 15.8. The Balaban J connectivity index is 1.41. The molecule has 0 aromatic heterocycles. The Kier molecular flexibility index (Phi) is 8.01. The summed E-state index contributed by atoms with van der Waals surface area (Å²) in [6.07, 6.45) is 11.9. The van der Waals surface area contributed by atoms with Gasteiger partial charge in [0, 0.05) is 15.2 Å². The summed E-state index contributed by atoms with van der Waals surface area (Å²) in [5.74, 6) is 5.42. The van der Waals surface area contributed by atoms with Crippen molar-refractivity contribution in [1.29, 1.82) is 0 Å². The first kappa shape index (κ1) is 27.4. The molecule has 5 rings (SSSR count). The zero-order valence-electron chi connectivity index (χ0n) is 25.0. The Morgan fingerprint density at radius 3 is 2.19 bits per heavy atom. The lowest BCUT2D eigenvalue weighted by Gasteiger charge is -2.51. The van der Waals surface area contributed by atoms with Crippen molar-refractivity contribution in [2.24, 2.45) is 29.6 Å². The molecule has 0 aliphatic heterocycles. The Bertz CT molecular complexity index is 1040. The summed E-state index contributed by atoms with van der Waals surface area (Å²) in [7, 11) is -2.67. The number of hydrogen-bond donors (Lipinski definition) is 0. The minimum atomic E-state index is -1.37. The minimum Gasteiger partial charge on any atom is -0.0711 e. The van der Waals surface area contributed by atoms with Crippen LogP contribution in [0.2, 0.25) is 37.3 Å². The van der Waals surface area contributed by atoms with Crippen LogP contribution in [0.25, 0.3) is 11.1 Å². The number of rotatable bonds is 7. The zero-order chi connectivity index (χ0) is 26.4. The molecule has 7 unspecified atom stereocenters. The van der Waals surface area contributed by atoms with Gasteiger partial charge in [-0.25, -0.2) is 0 Å². The second kappa shape index (κ2) is 10.8. The van der Waals surface area contributed by atoms with Gasteiger partial charge in [-0.2, -0.15) is 0 Å². The number of benzene rings is 2. The van der Waals surface area contributed by atoms with Crippen LogP contribution in [-0.4, -0.2) is 15.2 Å². The maximum atomic E-state index is 2.89. The fraction of sp³-hybridized carbons (Fsp3) is 0.657. The van der Waals surface area contributed by atoms with E-state index in [0.717, 1.165) is 46.6 Å². The molecule has 2 aromatic carbocycles. The van der Waals surface area contributed by atoms with E-state index in [1.807, 2.05) is 0 Å². The highest BCUT2D eigenvalue weighted by Gasteiger charge is 2.59. The van der Waals surface area contributed by atoms with Crippen LogP contribution in [0.5, 0.6) is 0 Å². The standard InChI is InChI=1S/C35H54Si2/c1-25(2)22-27-20-21-29(24-27)36(4,5)37(6,7)35-26(3)23-34-32(18-13-19-33(34)35)31-17-12-11-16-30(31)28-14-9-8-10-15-28/h8-12,14-17,25-27,29,32-35H,13,18-24H2,1-7H3. The lowest BCUT2D eigenvalue weighted by molar-refractivity contribution is 0.237. The summed E-state index contributed by atoms with van der Waals surface area (Å²) in [5.41, 5.74) is 6.68. The van der Waals surface area contributed by atoms with Crippen molar-refractivity contribution in [3.63, 3.8) is 0 Å². The smallest absolute Gasteiger partial charge is 0.0451 e. The molecule has 0 spiro atoms. The highest BCUT2D eigenvalue weighted by atomic mass is 29.3. The van der Waals surface area contributed by atoms with Gasteiger partial charge in [0.2, 0.25) is 0 Å². The molecule has 3 aliphatic carbocycles. The summed E-state index contributed by atoms with van der Waals surface area (Å²) in [6, 6.07) is 20.6. The molecule has 3 fully saturated rings. The third-order valence-corrected chi connectivity index (χ3v) is 32.9. The van der Waals surface area contributed by atoms with Crippen LogP contribution in [0, 0.1) is 29.6 Å². The fourth-order valence-corrected chi connectivity index (χ4v) is 24.8. The van der Waals surface area contributed by atoms with E-state index in [1.54, 1.807) is 18.4 Å². The van der Waals surface area contributed by atoms with Gasteiger partial charge in [-0.15, -0.1) is 0 Å². The van der Waals surface area contributed by atoms with E-state index in [9.17, 15) is 0 Å². The first-order chi connectivity index (χ1) is 17.6. The summed E-state index contributed by atoms with van der Waals surface area (Å²) in [6.45, 7) is 19.1. The molecule has 202 valence electrons. The molecular weight excluding hydrogens is 477 g/mol. The molecule has 3 aliphatic rings. The van der Waals surface area contributed by atoms with Crippen molar-refractivity contribution in [2.75, 3.05) is 0 Å². The number of fused-ring (bicyclic) bond motifs is 1. The fourth-order valence-electron chi connectivity index (χ4n) is 9.98. The van der Waals surface area contributed by atoms with Gasteiger partial charge in [0.25, 0.3) is 0 Å². The third kappa shape index (κ3) is 5.11. The Hall–Kier alpha value is -1.13. The summed E-state index contributed by atoms with van der Waals surface area (Å²) in [5, 5.41) is 0. The van der Waals surface area contributed by atoms with E-state index >= 15 is 0 Å². The first-order valence-corrected chi connectivity index (χ1v) is 22.9. The summed E-state index contributed by atoms with van der Waals surface area (Å²) < 4.78 is 0. The van der Waals surface area contributed by atoms with Crippen molar-refractivity contribution in [3.05, 3.63) is 60.2 Å². The molecule has 0 bridgehead atoms. The van der Waals surface area contributed by atoms with Crippen LogP contribution in [0.15, 0.2) is 54.6 Å². The molecule has 2 heteroatoms. The van der Waals surface area contributed by atoms with Crippen molar-refractivity contribution in [1.82, 2.24) is 0 Å². The lowest BCUT2D eigenvalue weighted by Crippen LogP contribution is -2.62. The van der Waals surface area contributed by atoms with Crippen LogP contribution in [0.3, 0.4) is 0 Å². The molecule has 37 heavy (non-hydrogen) atoms. The molecule has 0 heterocycles. The predicted molar refractivity (Wildman–Crippen MR) is 168 cm³/mol. The molecule has 0 saturated heterocycles. The van der Waals surface area contributed by atoms with E-state index in [0.29, 0.717) is 0 Å². The van der Waals surface area contributed by atoms with E-state index < -0.39 is 15.2 Å². The highest BCUT2D eigenvalue weighted by molar-refractivity contribution is 7.41. The second-order valence-electron chi connectivity index (χ2n) is 15.0. The monoisotopic (exact) mass is 530 g/mol. The van der Waals surface area contributed by atoms with E-state index in [2.05, 4.69) is 102 Å². The van der Waals surface area contributed by atoms with E-state index in [4.69, 9.17) is 0 Å². The van der Waals surface area contributed by atoms with Gasteiger partial charge in [0.15, 0.2) is 0 Å². The van der Waals surface area contributed by atoms with Crippen molar-refractivity contribution in [3.8, 4) is 11.1 Å². The van der Waals surface area contributed by atoms with Gasteiger partial charge >= 0.3 is 0 Å². The Morgan fingerprint density at radius 2 is 1.46 bits per heavy atom. The maximum absolute atomic E-state index is 2.89. The number of hydrogen-bond acceptors (Lipinski definition) is 0. The molecule has 0 nitrogen and oxygen atoms in total. The molecule has 7 atom stereocenters. The van der Waals surface area contributed by atoms with Gasteiger partial charge in [-0.1, -0.05) is 134 Å². The molecule has 3 saturated carbocycles.